The third-order valence-corrected chi connectivity index (χ3v) is 9.17. The van der Waals surface area contributed by atoms with E-state index in [9.17, 15) is 24.6 Å². The van der Waals surface area contributed by atoms with Gasteiger partial charge in [-0.2, -0.15) is 0 Å². The smallest absolute Gasteiger partial charge is 0.375 e. The summed E-state index contributed by atoms with van der Waals surface area (Å²) in [5.74, 6) is -5.21. The monoisotopic (exact) mass is 448 g/mol. The van der Waals surface area contributed by atoms with E-state index in [2.05, 4.69) is 0 Å². The molecule has 0 radical (unpaired) electrons. The molecule has 0 aromatic carbocycles. The van der Waals surface area contributed by atoms with Gasteiger partial charge in [0.15, 0.2) is 22.8 Å². The number of carbonyl (C=O) groups is 3. The van der Waals surface area contributed by atoms with Crippen LogP contribution in [0, 0.1) is 22.7 Å². The zero-order chi connectivity index (χ0) is 23.5. The molecule has 7 nitrogen and oxygen atoms in total. The summed E-state index contributed by atoms with van der Waals surface area (Å²) >= 11 is 0. The maximum Gasteiger partial charge on any atom is 0.375 e. The highest BCUT2D eigenvalue weighted by Crippen LogP contribution is 2.72. The summed E-state index contributed by atoms with van der Waals surface area (Å²) < 4.78 is 29.3. The molecular formula is C24H29FO7. The normalized spacial score (nSPS) is 50.7. The van der Waals surface area contributed by atoms with Gasteiger partial charge in [0.2, 0.25) is 0 Å². The number of ether oxygens (including phenoxy) is 2. The molecule has 1 saturated heterocycles. The van der Waals surface area contributed by atoms with E-state index >= 15 is 4.39 Å². The number of hydrogen-bond acceptors (Lipinski definition) is 6. The Hall–Kier alpha value is -1.90. The van der Waals surface area contributed by atoms with Crippen molar-refractivity contribution in [1.82, 2.24) is 0 Å². The van der Waals surface area contributed by atoms with Gasteiger partial charge in [0.1, 0.15) is 0 Å². The highest BCUT2D eigenvalue weighted by Gasteiger charge is 2.80. The van der Waals surface area contributed by atoms with Gasteiger partial charge >= 0.3 is 5.97 Å². The summed E-state index contributed by atoms with van der Waals surface area (Å²) in [5, 5.41) is 21.0. The van der Waals surface area contributed by atoms with Crippen LogP contribution in [0.25, 0.3) is 0 Å². The van der Waals surface area contributed by atoms with Gasteiger partial charge in [-0.3, -0.25) is 9.59 Å². The van der Waals surface area contributed by atoms with Crippen LogP contribution in [-0.4, -0.2) is 57.0 Å². The van der Waals surface area contributed by atoms with Crippen LogP contribution < -0.4 is 0 Å². The summed E-state index contributed by atoms with van der Waals surface area (Å²) in [7, 11) is 0. The lowest BCUT2D eigenvalue weighted by molar-refractivity contribution is -0.245. The van der Waals surface area contributed by atoms with Crippen LogP contribution in [-0.2, 0) is 23.9 Å². The molecule has 0 spiro atoms. The number of allylic oxidation sites excluding steroid dienone is 4. The van der Waals surface area contributed by atoms with E-state index in [-0.39, 0.29) is 18.6 Å². The van der Waals surface area contributed by atoms with Crippen LogP contribution in [0.3, 0.4) is 0 Å². The van der Waals surface area contributed by atoms with Crippen molar-refractivity contribution in [2.75, 3.05) is 0 Å². The molecule has 8 heteroatoms. The van der Waals surface area contributed by atoms with Crippen LogP contribution in [0.1, 0.15) is 53.4 Å². The molecule has 1 heterocycles. The van der Waals surface area contributed by atoms with E-state index < -0.39 is 63.7 Å². The van der Waals surface area contributed by atoms with Crippen molar-refractivity contribution in [2.24, 2.45) is 22.7 Å². The van der Waals surface area contributed by atoms with Crippen molar-refractivity contribution in [3.8, 4) is 0 Å². The molecule has 5 aliphatic rings. The Balaban J connectivity index is 1.65. The van der Waals surface area contributed by atoms with E-state index in [1.54, 1.807) is 33.8 Å². The second kappa shape index (κ2) is 6.15. The van der Waals surface area contributed by atoms with Gasteiger partial charge in [-0.05, 0) is 64.5 Å². The zero-order valence-corrected chi connectivity index (χ0v) is 18.7. The number of halogens is 1. The Kier molecular flexibility index (Phi) is 4.22. The lowest BCUT2D eigenvalue weighted by Crippen LogP contribution is -2.70. The van der Waals surface area contributed by atoms with Crippen LogP contribution in [0.15, 0.2) is 23.8 Å². The predicted octanol–water partition coefficient (Wildman–Crippen LogP) is 2.51. The first-order chi connectivity index (χ1) is 14.7. The predicted molar refractivity (Wildman–Crippen MR) is 109 cm³/mol. The Morgan fingerprint density at radius 2 is 1.88 bits per heavy atom. The average molecular weight is 448 g/mol. The fraction of sp³-hybridized carbons (Fsp3) is 0.708. The number of rotatable bonds is 2. The molecule has 4 fully saturated rings. The van der Waals surface area contributed by atoms with Gasteiger partial charge in [0.25, 0.3) is 5.78 Å². The Morgan fingerprint density at radius 3 is 2.53 bits per heavy atom. The van der Waals surface area contributed by atoms with Gasteiger partial charge in [0, 0.05) is 16.7 Å². The second-order valence-corrected chi connectivity index (χ2v) is 11.0. The van der Waals surface area contributed by atoms with Crippen LogP contribution >= 0.6 is 0 Å². The summed E-state index contributed by atoms with van der Waals surface area (Å²) in [6, 6.07) is 0. The number of carboxylic acid groups (broad SMARTS) is 1. The molecule has 3 saturated carbocycles. The molecule has 0 unspecified atom stereocenters. The summed E-state index contributed by atoms with van der Waals surface area (Å²) in [5.41, 5.74) is -5.50. The van der Waals surface area contributed by atoms with Crippen LogP contribution in [0.4, 0.5) is 4.39 Å². The molecule has 0 aromatic rings. The SMILES string of the molecule is CC1(C)O[C@@H]2C[C@@H]3[C@@H]4CCC5=CC(=O)C=C[C@]5(C)[C@@]4(F)[C@@H](O)C[C@]3(C)[C@]2(C(=O)C(=O)O)O1. The number of Topliss-reactive ketones (excluding diaryl/α,β-unsaturated/α-hetero) is 1. The second-order valence-electron chi connectivity index (χ2n) is 11.0. The summed E-state index contributed by atoms with van der Waals surface area (Å²) in [6.07, 6.45) is 3.02. The van der Waals surface area contributed by atoms with E-state index in [1.165, 1.54) is 12.2 Å². The molecule has 0 amide bonds. The molecule has 4 aliphatic carbocycles. The first-order valence-corrected chi connectivity index (χ1v) is 11.2. The Labute approximate surface area is 185 Å². The molecule has 5 rings (SSSR count). The molecule has 8 atom stereocenters. The molecular weight excluding hydrogens is 419 g/mol. The van der Waals surface area contributed by atoms with Gasteiger partial charge in [-0.25, -0.2) is 9.18 Å². The molecule has 32 heavy (non-hydrogen) atoms. The maximum absolute atomic E-state index is 17.1. The van der Waals surface area contributed by atoms with Crippen LogP contribution in [0.5, 0.6) is 0 Å². The fourth-order valence-corrected chi connectivity index (χ4v) is 7.86. The number of aliphatic carboxylic acids is 1. The van der Waals surface area contributed by atoms with Gasteiger partial charge < -0.3 is 19.7 Å². The lowest BCUT2D eigenvalue weighted by atomic mass is 9.44. The van der Waals surface area contributed by atoms with E-state index in [0.717, 1.165) is 0 Å². The standard InChI is InChI=1S/C24H29FO7/c1-20(2)31-17-10-15-14-6-5-12-9-13(26)7-8-21(12,3)23(14,25)16(27)11-22(15,4)24(17,32-20)18(28)19(29)30/h7-9,14-17,27H,5-6,10-11H2,1-4H3,(H,29,30)/t14-,15+,16-,17+,21-,22-,23-,24-/m0/s1. The van der Waals surface area contributed by atoms with Crippen molar-refractivity contribution in [2.45, 2.75) is 82.6 Å². The van der Waals surface area contributed by atoms with E-state index in [1.807, 2.05) is 0 Å². The van der Waals surface area contributed by atoms with Gasteiger partial charge in [-0.1, -0.05) is 18.6 Å². The fourth-order valence-electron chi connectivity index (χ4n) is 7.86. The topological polar surface area (TPSA) is 110 Å². The van der Waals surface area contributed by atoms with Crippen molar-refractivity contribution in [3.05, 3.63) is 23.8 Å². The molecule has 0 aromatic heterocycles. The highest BCUT2D eigenvalue weighted by atomic mass is 19.1. The minimum atomic E-state index is -2.07. The number of fused-ring (bicyclic) bond motifs is 7. The van der Waals surface area contributed by atoms with Gasteiger partial charge in [-0.15, -0.1) is 0 Å². The highest BCUT2D eigenvalue weighted by molar-refractivity contribution is 6.36. The summed E-state index contributed by atoms with van der Waals surface area (Å²) in [4.78, 5) is 37.0. The molecule has 2 N–H and O–H groups in total. The number of ketones is 2. The molecule has 1 aliphatic heterocycles. The first kappa shape index (κ1) is 21.9. The number of hydrogen-bond donors (Lipinski definition) is 2. The van der Waals surface area contributed by atoms with Crippen LogP contribution in [0.2, 0.25) is 0 Å². The zero-order valence-electron chi connectivity index (χ0n) is 18.7. The number of aliphatic hydroxyl groups excluding tert-OH is 1. The molecule has 0 bridgehead atoms. The Morgan fingerprint density at radius 1 is 1.19 bits per heavy atom. The number of alkyl halides is 1. The first-order valence-electron chi connectivity index (χ1n) is 11.2. The van der Waals surface area contributed by atoms with Gasteiger partial charge in [0.05, 0.1) is 12.2 Å². The van der Waals surface area contributed by atoms with Crippen molar-refractivity contribution in [3.63, 3.8) is 0 Å². The largest absolute Gasteiger partial charge is 0.475 e. The van der Waals surface area contributed by atoms with Crippen molar-refractivity contribution < 1.29 is 38.5 Å². The van der Waals surface area contributed by atoms with Crippen molar-refractivity contribution >= 4 is 17.5 Å². The Bertz CT molecular complexity index is 1000. The van der Waals surface area contributed by atoms with Crippen molar-refractivity contribution in [1.29, 1.82) is 0 Å². The minimum Gasteiger partial charge on any atom is -0.475 e. The third-order valence-electron chi connectivity index (χ3n) is 9.17. The third kappa shape index (κ3) is 2.28. The quantitative estimate of drug-likeness (QED) is 0.625. The average Bonchev–Trinajstić information content (AvgIpc) is 3.09. The summed E-state index contributed by atoms with van der Waals surface area (Å²) in [6.45, 7) is 6.70. The number of carbonyl (C=O) groups excluding carboxylic acids is 2. The minimum absolute atomic E-state index is 0.149. The van der Waals surface area contributed by atoms with E-state index in [4.69, 9.17) is 9.47 Å². The lowest BCUT2D eigenvalue weighted by Gasteiger charge is -2.62. The molecule has 174 valence electrons. The maximum atomic E-state index is 17.1. The number of carboxylic acids is 1. The number of aliphatic hydroxyl groups is 1. The van der Waals surface area contributed by atoms with E-state index in [0.29, 0.717) is 18.4 Å².